The molecule has 0 N–H and O–H groups in total. The second-order valence-corrected chi connectivity index (χ2v) is 9.38. The van der Waals surface area contributed by atoms with E-state index in [4.69, 9.17) is 4.74 Å². The number of alkyl halides is 3. The minimum Gasteiger partial charge on any atom is -0.467 e. The van der Waals surface area contributed by atoms with Crippen molar-refractivity contribution in [3.63, 3.8) is 0 Å². The van der Waals surface area contributed by atoms with Gasteiger partial charge in [0.15, 0.2) is 0 Å². The van der Waals surface area contributed by atoms with E-state index in [-0.39, 0.29) is 6.54 Å². The highest BCUT2D eigenvalue weighted by atomic mass is 19.4. The first kappa shape index (κ1) is 28.0. The molecule has 1 aliphatic heterocycles. The van der Waals surface area contributed by atoms with E-state index >= 15 is 0 Å². The predicted molar refractivity (Wildman–Crippen MR) is 142 cm³/mol. The van der Waals surface area contributed by atoms with Crippen LogP contribution >= 0.6 is 0 Å². The zero-order valence-corrected chi connectivity index (χ0v) is 21.6. The first-order valence-electron chi connectivity index (χ1n) is 12.7. The Hall–Kier alpha value is -3.98. The maximum Gasteiger partial charge on any atom is 0.416 e. The number of hydrogen-bond acceptors (Lipinski definition) is 5. The maximum absolute atomic E-state index is 13.5. The van der Waals surface area contributed by atoms with Crippen LogP contribution in [0, 0.1) is 0 Å². The van der Waals surface area contributed by atoms with Crippen molar-refractivity contribution < 1.29 is 27.5 Å². The molecule has 0 radical (unpaired) electrons. The highest BCUT2D eigenvalue weighted by Gasteiger charge is 2.33. The number of carbonyl (C=O) groups is 2. The molecular weight excluding hydrogens is 507 g/mol. The third-order valence-corrected chi connectivity index (χ3v) is 6.69. The van der Waals surface area contributed by atoms with Crippen LogP contribution in [0.4, 0.5) is 13.2 Å². The Morgan fingerprint density at radius 1 is 1.03 bits per heavy atom. The molecule has 1 aromatic heterocycles. The van der Waals surface area contributed by atoms with Gasteiger partial charge in [0.2, 0.25) is 5.91 Å². The molecular formula is C30H30F3N3O3. The largest absolute Gasteiger partial charge is 0.467 e. The molecule has 9 heteroatoms. The molecule has 39 heavy (non-hydrogen) atoms. The topological polar surface area (TPSA) is 62.7 Å². The number of halogens is 3. The van der Waals surface area contributed by atoms with Gasteiger partial charge in [-0.05, 0) is 67.4 Å². The van der Waals surface area contributed by atoms with Crippen molar-refractivity contribution in [3.8, 4) is 11.3 Å². The van der Waals surface area contributed by atoms with Crippen molar-refractivity contribution in [2.45, 2.75) is 31.6 Å². The molecule has 0 bridgehead atoms. The van der Waals surface area contributed by atoms with Gasteiger partial charge in [0.1, 0.15) is 6.04 Å². The number of aromatic nitrogens is 1. The van der Waals surface area contributed by atoms with Gasteiger partial charge >= 0.3 is 12.1 Å². The highest BCUT2D eigenvalue weighted by molar-refractivity contribution is 5.94. The van der Waals surface area contributed by atoms with Gasteiger partial charge in [-0.1, -0.05) is 42.5 Å². The van der Waals surface area contributed by atoms with Crippen LogP contribution < -0.4 is 0 Å². The summed E-state index contributed by atoms with van der Waals surface area (Å²) in [5.41, 5.74) is 2.21. The second kappa shape index (κ2) is 12.7. The second-order valence-electron chi connectivity index (χ2n) is 9.38. The van der Waals surface area contributed by atoms with E-state index in [1.54, 1.807) is 6.20 Å². The maximum atomic E-state index is 13.5. The van der Waals surface area contributed by atoms with E-state index in [1.807, 2.05) is 42.5 Å². The predicted octanol–water partition coefficient (Wildman–Crippen LogP) is 5.45. The fourth-order valence-electron chi connectivity index (χ4n) is 4.55. The quantitative estimate of drug-likeness (QED) is 0.269. The molecule has 1 fully saturated rings. The molecule has 2 heterocycles. The third-order valence-electron chi connectivity index (χ3n) is 6.69. The fraction of sp³-hybridized carbons (Fsp3) is 0.300. The van der Waals surface area contributed by atoms with Crippen LogP contribution in [-0.4, -0.2) is 59.4 Å². The molecule has 3 aromatic rings. The molecule has 6 nitrogen and oxygen atoms in total. The van der Waals surface area contributed by atoms with E-state index in [0.29, 0.717) is 12.1 Å². The number of amides is 1. The molecule has 1 atom stereocenters. The Balaban J connectivity index is 1.59. The molecule has 1 unspecified atom stereocenters. The number of hydrogen-bond donors (Lipinski definition) is 0. The van der Waals surface area contributed by atoms with Gasteiger partial charge < -0.3 is 14.5 Å². The van der Waals surface area contributed by atoms with E-state index in [0.717, 1.165) is 54.9 Å². The number of rotatable bonds is 9. The van der Waals surface area contributed by atoms with E-state index in [1.165, 1.54) is 36.3 Å². The molecule has 4 rings (SSSR count). The number of methoxy groups -OCH3 is 1. The highest BCUT2D eigenvalue weighted by Crippen LogP contribution is 2.29. The Labute approximate surface area is 225 Å². The van der Waals surface area contributed by atoms with Gasteiger partial charge in [-0.25, -0.2) is 4.79 Å². The van der Waals surface area contributed by atoms with Crippen LogP contribution in [-0.2, 0) is 27.0 Å². The molecule has 0 aliphatic carbocycles. The number of likely N-dealkylation sites (tertiary alicyclic amines) is 1. The van der Waals surface area contributed by atoms with Crippen molar-refractivity contribution in [2.24, 2.45) is 0 Å². The van der Waals surface area contributed by atoms with Crippen LogP contribution in [0.3, 0.4) is 0 Å². The summed E-state index contributed by atoms with van der Waals surface area (Å²) in [6.07, 6.45) is 2.04. The summed E-state index contributed by atoms with van der Waals surface area (Å²) in [5.74, 6) is -0.971. The third kappa shape index (κ3) is 7.54. The lowest BCUT2D eigenvalue weighted by Crippen LogP contribution is -2.50. The summed E-state index contributed by atoms with van der Waals surface area (Å²) < 4.78 is 43.8. The van der Waals surface area contributed by atoms with Gasteiger partial charge in [-0.15, -0.1) is 0 Å². The first-order chi connectivity index (χ1) is 18.7. The number of benzene rings is 2. The average Bonchev–Trinajstić information content (AvgIpc) is 3.47. The van der Waals surface area contributed by atoms with Crippen LogP contribution in [0.5, 0.6) is 0 Å². The molecule has 1 amide bonds. The Morgan fingerprint density at radius 3 is 2.31 bits per heavy atom. The SMILES string of the molecule is COC(=O)C(CN1CCCC1)N(Cc1ccc(-c2ccccn2)cc1)C(=O)/C=C/c1ccc(C(F)(F)F)cc1. The van der Waals surface area contributed by atoms with Crippen molar-refractivity contribution >= 4 is 18.0 Å². The summed E-state index contributed by atoms with van der Waals surface area (Å²) in [6, 6.07) is 16.9. The standard InChI is InChI=1S/C30H30F3N3O3/c1-39-29(38)27(21-35-18-4-5-19-35)36(20-23-7-12-24(13-8-23)26-6-2-3-17-34-26)28(37)16-11-22-9-14-25(15-10-22)30(31,32)33/h2-3,6-17,27H,4-5,18-21H2,1H3/b16-11+. The summed E-state index contributed by atoms with van der Waals surface area (Å²) in [6.45, 7) is 2.14. The van der Waals surface area contributed by atoms with Gasteiger partial charge in [0.25, 0.3) is 0 Å². The average molecular weight is 538 g/mol. The van der Waals surface area contributed by atoms with Gasteiger partial charge in [-0.3, -0.25) is 9.78 Å². The number of pyridine rings is 1. The molecule has 1 aliphatic rings. The zero-order valence-electron chi connectivity index (χ0n) is 21.6. The summed E-state index contributed by atoms with van der Waals surface area (Å²) >= 11 is 0. The number of carbonyl (C=O) groups excluding carboxylic acids is 2. The van der Waals surface area contributed by atoms with Crippen molar-refractivity contribution in [1.29, 1.82) is 0 Å². The normalized spacial score (nSPS) is 14.9. The number of ether oxygens (including phenoxy) is 1. The lowest BCUT2D eigenvalue weighted by Gasteiger charge is -2.32. The monoisotopic (exact) mass is 537 g/mol. The van der Waals surface area contributed by atoms with E-state index in [2.05, 4.69) is 9.88 Å². The van der Waals surface area contributed by atoms with E-state index in [9.17, 15) is 22.8 Å². The summed E-state index contributed by atoms with van der Waals surface area (Å²) in [4.78, 5) is 34.3. The van der Waals surface area contributed by atoms with Crippen LogP contribution in [0.2, 0.25) is 0 Å². The van der Waals surface area contributed by atoms with Crippen LogP contribution in [0.1, 0.15) is 29.5 Å². The zero-order chi connectivity index (χ0) is 27.8. The van der Waals surface area contributed by atoms with E-state index < -0.39 is 29.7 Å². The number of nitrogens with zero attached hydrogens (tertiary/aromatic N) is 3. The summed E-state index contributed by atoms with van der Waals surface area (Å²) in [7, 11) is 1.29. The molecule has 1 saturated heterocycles. The van der Waals surface area contributed by atoms with Crippen LogP contribution in [0.25, 0.3) is 17.3 Å². The van der Waals surface area contributed by atoms with Crippen molar-refractivity contribution in [2.75, 3.05) is 26.7 Å². The first-order valence-corrected chi connectivity index (χ1v) is 12.7. The van der Waals surface area contributed by atoms with Crippen molar-refractivity contribution in [1.82, 2.24) is 14.8 Å². The fourth-order valence-corrected chi connectivity index (χ4v) is 4.55. The lowest BCUT2D eigenvalue weighted by atomic mass is 10.1. The molecule has 2 aromatic carbocycles. The Bertz CT molecular complexity index is 1270. The number of esters is 1. The molecule has 0 spiro atoms. The summed E-state index contributed by atoms with van der Waals surface area (Å²) in [5, 5.41) is 0. The van der Waals surface area contributed by atoms with Gasteiger partial charge in [0.05, 0.1) is 18.4 Å². The lowest BCUT2D eigenvalue weighted by molar-refractivity contribution is -0.152. The Morgan fingerprint density at radius 2 is 1.72 bits per heavy atom. The Kier molecular flexibility index (Phi) is 9.14. The van der Waals surface area contributed by atoms with Gasteiger partial charge in [-0.2, -0.15) is 13.2 Å². The van der Waals surface area contributed by atoms with Crippen molar-refractivity contribution in [3.05, 3.63) is 95.7 Å². The minimum absolute atomic E-state index is 0.145. The van der Waals surface area contributed by atoms with Gasteiger partial charge in [0, 0.05) is 30.9 Å². The smallest absolute Gasteiger partial charge is 0.416 e. The minimum atomic E-state index is -4.44. The van der Waals surface area contributed by atoms with Crippen LogP contribution in [0.15, 0.2) is 79.0 Å². The molecule has 204 valence electrons. The molecule has 0 saturated carbocycles.